The molecular formula is C7H9N3O2. The zero-order valence-corrected chi connectivity index (χ0v) is 6.55. The summed E-state index contributed by atoms with van der Waals surface area (Å²) in [6.07, 6.45) is 1.47. The van der Waals surface area contributed by atoms with E-state index in [0.717, 1.165) is 0 Å². The standard InChI is InChI=1S/C7H9N3O2/c1-4(11)5-2-6(9-3-5)7(12)10-8/h2-3,9H,8H2,1H3,(H,10,12). The highest BCUT2D eigenvalue weighted by Crippen LogP contribution is 2.03. The molecule has 5 nitrogen and oxygen atoms in total. The van der Waals surface area contributed by atoms with Gasteiger partial charge in [-0.25, -0.2) is 5.84 Å². The first-order chi connectivity index (χ1) is 5.65. The van der Waals surface area contributed by atoms with Crippen molar-refractivity contribution in [3.8, 4) is 0 Å². The summed E-state index contributed by atoms with van der Waals surface area (Å²) in [5, 5.41) is 0. The lowest BCUT2D eigenvalue weighted by molar-refractivity contribution is 0.0949. The van der Waals surface area contributed by atoms with Crippen LogP contribution in [0.1, 0.15) is 27.8 Å². The molecule has 0 aliphatic heterocycles. The first-order valence-electron chi connectivity index (χ1n) is 3.35. The number of hydrogen-bond acceptors (Lipinski definition) is 3. The molecule has 0 aliphatic rings. The molecule has 1 heterocycles. The number of H-pyrrole nitrogens is 1. The fraction of sp³-hybridized carbons (Fsp3) is 0.143. The summed E-state index contributed by atoms with van der Waals surface area (Å²) in [4.78, 5) is 24.3. The number of Topliss-reactive ketones (excluding diaryl/α,β-unsaturated/α-hetero) is 1. The van der Waals surface area contributed by atoms with E-state index in [1.807, 2.05) is 5.43 Å². The Hall–Kier alpha value is -1.62. The number of rotatable bonds is 2. The van der Waals surface area contributed by atoms with Crippen LogP contribution in [-0.4, -0.2) is 16.7 Å². The van der Waals surface area contributed by atoms with Gasteiger partial charge in [-0.2, -0.15) is 0 Å². The highest BCUT2D eigenvalue weighted by molar-refractivity contribution is 5.98. The zero-order chi connectivity index (χ0) is 9.14. The van der Waals surface area contributed by atoms with Gasteiger partial charge in [0.2, 0.25) is 0 Å². The highest BCUT2D eigenvalue weighted by atomic mass is 16.2. The molecular weight excluding hydrogens is 158 g/mol. The second kappa shape index (κ2) is 3.19. The lowest BCUT2D eigenvalue weighted by atomic mass is 10.2. The van der Waals surface area contributed by atoms with E-state index in [2.05, 4.69) is 4.98 Å². The van der Waals surface area contributed by atoms with Gasteiger partial charge in [-0.1, -0.05) is 0 Å². The van der Waals surface area contributed by atoms with E-state index in [-0.39, 0.29) is 11.5 Å². The molecule has 0 aromatic carbocycles. The third-order valence-electron chi connectivity index (χ3n) is 1.47. The Morgan fingerprint density at radius 2 is 2.25 bits per heavy atom. The summed E-state index contributed by atoms with van der Waals surface area (Å²) in [6.45, 7) is 1.42. The SMILES string of the molecule is CC(=O)c1c[nH]c(C(=O)NN)c1. The number of aromatic nitrogens is 1. The van der Waals surface area contributed by atoms with Crippen LogP contribution in [0, 0.1) is 0 Å². The van der Waals surface area contributed by atoms with Crippen LogP contribution in [0.4, 0.5) is 0 Å². The molecule has 0 saturated heterocycles. The van der Waals surface area contributed by atoms with Gasteiger partial charge in [0, 0.05) is 11.8 Å². The van der Waals surface area contributed by atoms with Gasteiger partial charge in [0.15, 0.2) is 5.78 Å². The van der Waals surface area contributed by atoms with Crippen LogP contribution in [-0.2, 0) is 0 Å². The van der Waals surface area contributed by atoms with Crippen molar-refractivity contribution >= 4 is 11.7 Å². The normalized spacial score (nSPS) is 9.50. The Labute approximate surface area is 68.9 Å². The van der Waals surface area contributed by atoms with E-state index in [0.29, 0.717) is 5.56 Å². The fourth-order valence-corrected chi connectivity index (χ4v) is 0.806. The number of nitrogens with one attached hydrogen (secondary N) is 2. The van der Waals surface area contributed by atoms with E-state index in [4.69, 9.17) is 5.84 Å². The van der Waals surface area contributed by atoms with Crippen molar-refractivity contribution < 1.29 is 9.59 Å². The zero-order valence-electron chi connectivity index (χ0n) is 6.55. The predicted octanol–water partition coefficient (Wildman–Crippen LogP) is -0.179. The number of nitrogen functional groups attached to an aromatic ring is 1. The topological polar surface area (TPSA) is 88.0 Å². The third-order valence-corrected chi connectivity index (χ3v) is 1.47. The van der Waals surface area contributed by atoms with Crippen LogP contribution in [0.25, 0.3) is 0 Å². The Morgan fingerprint density at radius 1 is 1.58 bits per heavy atom. The minimum atomic E-state index is -0.442. The van der Waals surface area contributed by atoms with E-state index >= 15 is 0 Å². The fourth-order valence-electron chi connectivity index (χ4n) is 0.806. The molecule has 0 saturated carbocycles. The van der Waals surface area contributed by atoms with Crippen molar-refractivity contribution in [3.63, 3.8) is 0 Å². The van der Waals surface area contributed by atoms with Gasteiger partial charge in [0.05, 0.1) is 0 Å². The molecule has 1 amide bonds. The second-order valence-corrected chi connectivity index (χ2v) is 2.33. The lowest BCUT2D eigenvalue weighted by Gasteiger charge is -1.92. The van der Waals surface area contributed by atoms with Crippen molar-refractivity contribution in [1.82, 2.24) is 10.4 Å². The van der Waals surface area contributed by atoms with Gasteiger partial charge >= 0.3 is 0 Å². The summed E-state index contributed by atoms with van der Waals surface area (Å²) in [5.74, 6) is 4.35. The molecule has 0 atom stereocenters. The first kappa shape index (κ1) is 8.48. The van der Waals surface area contributed by atoms with Gasteiger partial charge in [-0.05, 0) is 13.0 Å². The van der Waals surface area contributed by atoms with Crippen molar-refractivity contribution in [2.45, 2.75) is 6.92 Å². The molecule has 64 valence electrons. The number of hydrazine groups is 1. The Bertz CT molecular complexity index is 316. The van der Waals surface area contributed by atoms with Crippen molar-refractivity contribution in [1.29, 1.82) is 0 Å². The van der Waals surface area contributed by atoms with Crippen LogP contribution in [0.2, 0.25) is 0 Å². The Balaban J connectivity index is 2.91. The number of hydrogen-bond donors (Lipinski definition) is 3. The average Bonchev–Trinajstić information content (AvgIpc) is 2.51. The van der Waals surface area contributed by atoms with Crippen molar-refractivity contribution in [2.24, 2.45) is 5.84 Å². The molecule has 12 heavy (non-hydrogen) atoms. The maximum atomic E-state index is 10.9. The van der Waals surface area contributed by atoms with Gasteiger partial charge in [-0.15, -0.1) is 0 Å². The summed E-state index contributed by atoms with van der Waals surface area (Å²) < 4.78 is 0. The number of nitrogens with two attached hydrogens (primary N) is 1. The Morgan fingerprint density at radius 3 is 2.67 bits per heavy atom. The van der Waals surface area contributed by atoms with Crippen LogP contribution in [0.5, 0.6) is 0 Å². The van der Waals surface area contributed by atoms with E-state index in [9.17, 15) is 9.59 Å². The molecule has 0 fully saturated rings. The number of carbonyl (C=O) groups is 2. The largest absolute Gasteiger partial charge is 0.356 e. The minimum Gasteiger partial charge on any atom is -0.356 e. The number of aromatic amines is 1. The van der Waals surface area contributed by atoms with Gasteiger partial charge in [0.1, 0.15) is 5.69 Å². The highest BCUT2D eigenvalue weighted by Gasteiger charge is 2.08. The molecule has 0 aliphatic carbocycles. The van der Waals surface area contributed by atoms with E-state index in [1.54, 1.807) is 0 Å². The molecule has 1 rings (SSSR count). The van der Waals surface area contributed by atoms with Gasteiger partial charge in [-0.3, -0.25) is 15.0 Å². The molecule has 0 spiro atoms. The van der Waals surface area contributed by atoms with E-state index in [1.165, 1.54) is 19.2 Å². The smallest absolute Gasteiger partial charge is 0.281 e. The minimum absolute atomic E-state index is 0.0951. The van der Waals surface area contributed by atoms with E-state index < -0.39 is 5.91 Å². The molecule has 1 aromatic rings. The van der Waals surface area contributed by atoms with Crippen LogP contribution in [0.15, 0.2) is 12.3 Å². The van der Waals surface area contributed by atoms with Gasteiger partial charge in [0.25, 0.3) is 5.91 Å². The summed E-state index contributed by atoms with van der Waals surface area (Å²) in [5.41, 5.74) is 2.70. The summed E-state index contributed by atoms with van der Waals surface area (Å²) in [7, 11) is 0. The van der Waals surface area contributed by atoms with Crippen molar-refractivity contribution in [3.05, 3.63) is 23.5 Å². The first-order valence-corrected chi connectivity index (χ1v) is 3.35. The molecule has 5 heteroatoms. The van der Waals surface area contributed by atoms with Crippen LogP contribution < -0.4 is 11.3 Å². The maximum Gasteiger partial charge on any atom is 0.281 e. The molecule has 0 bridgehead atoms. The molecule has 0 unspecified atom stereocenters. The quantitative estimate of drug-likeness (QED) is 0.247. The van der Waals surface area contributed by atoms with Crippen LogP contribution in [0.3, 0.4) is 0 Å². The Kier molecular flexibility index (Phi) is 2.25. The molecule has 1 aromatic heterocycles. The van der Waals surface area contributed by atoms with Gasteiger partial charge < -0.3 is 4.98 Å². The number of carbonyl (C=O) groups excluding carboxylic acids is 2. The maximum absolute atomic E-state index is 10.9. The predicted molar refractivity (Wildman–Crippen MR) is 42.5 cm³/mol. The van der Waals surface area contributed by atoms with Crippen LogP contribution >= 0.6 is 0 Å². The summed E-state index contributed by atoms with van der Waals surface area (Å²) in [6, 6.07) is 1.45. The summed E-state index contributed by atoms with van der Waals surface area (Å²) >= 11 is 0. The average molecular weight is 167 g/mol. The molecule has 0 radical (unpaired) electrons. The van der Waals surface area contributed by atoms with Crippen molar-refractivity contribution in [2.75, 3.05) is 0 Å². The third kappa shape index (κ3) is 1.51. The number of ketones is 1. The number of amides is 1. The second-order valence-electron chi connectivity index (χ2n) is 2.33. The monoisotopic (exact) mass is 167 g/mol. The lowest BCUT2D eigenvalue weighted by Crippen LogP contribution is -2.30. The molecule has 4 N–H and O–H groups in total.